The number of nitrogens with one attached hydrogen (secondary N) is 1. The predicted octanol–water partition coefficient (Wildman–Crippen LogP) is 2.21. The van der Waals surface area contributed by atoms with Crippen molar-refractivity contribution in [1.29, 1.82) is 5.26 Å². The zero-order chi connectivity index (χ0) is 13.3. The third-order valence-corrected chi connectivity index (χ3v) is 2.57. The van der Waals surface area contributed by atoms with Crippen molar-refractivity contribution in [3.63, 3.8) is 0 Å². The minimum absolute atomic E-state index is 0.146. The Bertz CT molecular complexity index is 580. The molecule has 0 aromatic heterocycles. The summed E-state index contributed by atoms with van der Waals surface area (Å²) in [4.78, 5) is 11.2. The van der Waals surface area contributed by atoms with Crippen molar-refractivity contribution in [3.8, 4) is 11.8 Å². The molecule has 0 unspecified atom stereocenters. The fourth-order valence-corrected chi connectivity index (χ4v) is 1.93. The zero-order valence-electron chi connectivity index (χ0n) is 10.6. The van der Waals surface area contributed by atoms with Gasteiger partial charge in [0, 0.05) is 12.5 Å². The number of amides is 1. The van der Waals surface area contributed by atoms with Crippen molar-refractivity contribution in [2.45, 2.75) is 26.4 Å². The van der Waals surface area contributed by atoms with E-state index in [2.05, 4.69) is 11.4 Å². The van der Waals surface area contributed by atoms with Crippen LogP contribution in [0.5, 0.6) is 5.75 Å². The van der Waals surface area contributed by atoms with Gasteiger partial charge in [-0.15, -0.1) is 0 Å². The number of fused-ring (bicyclic) bond motifs is 1. The molecular formula is C14H14N2O2. The van der Waals surface area contributed by atoms with E-state index in [9.17, 15) is 4.79 Å². The molecule has 0 fully saturated rings. The molecule has 92 valence electrons. The van der Waals surface area contributed by atoms with Crippen molar-refractivity contribution >= 4 is 11.6 Å². The first-order chi connectivity index (χ1) is 8.41. The Balaban J connectivity index is 2.54. The van der Waals surface area contributed by atoms with Gasteiger partial charge in [-0.3, -0.25) is 4.79 Å². The van der Waals surface area contributed by atoms with Crippen LogP contribution in [0.1, 0.15) is 31.9 Å². The molecule has 1 aromatic rings. The SMILES string of the molecule is CC(=O)NC1=CC(C)(C)Oc2ccc(C#N)cc21. The van der Waals surface area contributed by atoms with Crippen LogP contribution in [0.25, 0.3) is 5.70 Å². The molecule has 1 heterocycles. The van der Waals surface area contributed by atoms with E-state index < -0.39 is 5.60 Å². The van der Waals surface area contributed by atoms with E-state index in [1.165, 1.54) is 6.92 Å². The van der Waals surface area contributed by atoms with E-state index in [4.69, 9.17) is 10.00 Å². The van der Waals surface area contributed by atoms with Gasteiger partial charge in [-0.1, -0.05) is 0 Å². The van der Waals surface area contributed by atoms with Gasteiger partial charge in [-0.25, -0.2) is 0 Å². The van der Waals surface area contributed by atoms with Crippen LogP contribution < -0.4 is 10.1 Å². The Kier molecular flexibility index (Phi) is 2.84. The summed E-state index contributed by atoms with van der Waals surface area (Å²) in [6.45, 7) is 5.28. The van der Waals surface area contributed by atoms with Gasteiger partial charge in [-0.2, -0.15) is 5.26 Å². The van der Waals surface area contributed by atoms with Crippen LogP contribution in [0.15, 0.2) is 24.3 Å². The van der Waals surface area contributed by atoms with Gasteiger partial charge in [0.15, 0.2) is 0 Å². The van der Waals surface area contributed by atoms with Crippen LogP contribution >= 0.6 is 0 Å². The quantitative estimate of drug-likeness (QED) is 0.821. The average molecular weight is 242 g/mol. The zero-order valence-corrected chi connectivity index (χ0v) is 10.6. The van der Waals surface area contributed by atoms with Crippen LogP contribution in [0.4, 0.5) is 0 Å². The summed E-state index contributed by atoms with van der Waals surface area (Å²) in [7, 11) is 0. The molecule has 0 atom stereocenters. The first-order valence-electron chi connectivity index (χ1n) is 5.65. The van der Waals surface area contributed by atoms with E-state index in [1.54, 1.807) is 18.2 Å². The van der Waals surface area contributed by atoms with Crippen molar-refractivity contribution in [2.75, 3.05) is 0 Å². The molecule has 2 rings (SSSR count). The van der Waals surface area contributed by atoms with E-state index >= 15 is 0 Å². The summed E-state index contributed by atoms with van der Waals surface area (Å²) >= 11 is 0. The number of nitrogens with zero attached hydrogens (tertiary/aromatic N) is 1. The lowest BCUT2D eigenvalue weighted by atomic mass is 9.98. The molecule has 1 amide bonds. The van der Waals surface area contributed by atoms with Crippen LogP contribution in [0, 0.1) is 11.3 Å². The first kappa shape index (κ1) is 12.2. The fourth-order valence-electron chi connectivity index (χ4n) is 1.93. The van der Waals surface area contributed by atoms with Crippen LogP contribution in [0.2, 0.25) is 0 Å². The maximum absolute atomic E-state index is 11.2. The Morgan fingerprint density at radius 3 is 2.78 bits per heavy atom. The topological polar surface area (TPSA) is 62.1 Å². The molecule has 0 spiro atoms. The molecule has 0 bridgehead atoms. The number of carbonyl (C=O) groups is 1. The third-order valence-electron chi connectivity index (χ3n) is 2.57. The number of hydrogen-bond donors (Lipinski definition) is 1. The van der Waals surface area contributed by atoms with E-state index in [-0.39, 0.29) is 5.91 Å². The summed E-state index contributed by atoms with van der Waals surface area (Å²) in [5.74, 6) is 0.525. The van der Waals surface area contributed by atoms with Gasteiger partial charge in [0.05, 0.1) is 17.3 Å². The van der Waals surface area contributed by atoms with Gasteiger partial charge in [0.2, 0.25) is 5.91 Å². The summed E-state index contributed by atoms with van der Waals surface area (Å²) in [6.07, 6.45) is 1.85. The van der Waals surface area contributed by atoms with Gasteiger partial charge < -0.3 is 10.1 Å². The molecule has 0 saturated carbocycles. The second kappa shape index (κ2) is 4.19. The lowest BCUT2D eigenvalue weighted by molar-refractivity contribution is -0.117. The molecule has 0 radical (unpaired) electrons. The average Bonchev–Trinajstić information content (AvgIpc) is 2.26. The first-order valence-corrected chi connectivity index (χ1v) is 5.65. The summed E-state index contributed by atoms with van der Waals surface area (Å²) in [6, 6.07) is 7.25. The number of benzene rings is 1. The van der Waals surface area contributed by atoms with E-state index in [1.807, 2.05) is 19.9 Å². The molecule has 0 saturated heterocycles. The number of nitriles is 1. The standard InChI is InChI=1S/C14H14N2O2/c1-9(17)16-12-7-14(2,3)18-13-5-4-10(8-15)6-11(12)13/h4-7H,1-3H3,(H,16,17). The molecule has 1 N–H and O–H groups in total. The predicted molar refractivity (Wildman–Crippen MR) is 67.7 cm³/mol. The highest BCUT2D eigenvalue weighted by Crippen LogP contribution is 2.35. The Labute approximate surface area is 106 Å². The van der Waals surface area contributed by atoms with Crippen LogP contribution in [0.3, 0.4) is 0 Å². The lowest BCUT2D eigenvalue weighted by Gasteiger charge is -2.31. The number of hydrogen-bond acceptors (Lipinski definition) is 3. The highest BCUT2D eigenvalue weighted by molar-refractivity contribution is 5.87. The molecule has 0 aliphatic carbocycles. The number of rotatable bonds is 1. The third kappa shape index (κ3) is 2.35. The summed E-state index contributed by atoms with van der Waals surface area (Å²) in [5.41, 5.74) is 1.47. The smallest absolute Gasteiger partial charge is 0.221 e. The molecule has 18 heavy (non-hydrogen) atoms. The monoisotopic (exact) mass is 242 g/mol. The van der Waals surface area contributed by atoms with Crippen molar-refractivity contribution in [2.24, 2.45) is 0 Å². The largest absolute Gasteiger partial charge is 0.483 e. The van der Waals surface area contributed by atoms with Gasteiger partial charge in [-0.05, 0) is 38.1 Å². The minimum atomic E-state index is -0.487. The molecule has 1 aromatic carbocycles. The van der Waals surface area contributed by atoms with Gasteiger partial charge in [0.1, 0.15) is 11.4 Å². The Morgan fingerprint density at radius 1 is 1.44 bits per heavy atom. The van der Waals surface area contributed by atoms with Crippen LogP contribution in [-0.4, -0.2) is 11.5 Å². The fraction of sp³-hybridized carbons (Fsp3) is 0.286. The van der Waals surface area contributed by atoms with Gasteiger partial charge >= 0.3 is 0 Å². The van der Waals surface area contributed by atoms with Gasteiger partial charge in [0.25, 0.3) is 0 Å². The normalized spacial score (nSPS) is 15.8. The maximum Gasteiger partial charge on any atom is 0.221 e. The van der Waals surface area contributed by atoms with E-state index in [0.717, 1.165) is 5.56 Å². The molecular weight excluding hydrogens is 228 g/mol. The van der Waals surface area contributed by atoms with Crippen molar-refractivity contribution < 1.29 is 9.53 Å². The highest BCUT2D eigenvalue weighted by atomic mass is 16.5. The maximum atomic E-state index is 11.2. The molecule has 4 nitrogen and oxygen atoms in total. The van der Waals surface area contributed by atoms with Crippen molar-refractivity contribution in [1.82, 2.24) is 5.32 Å². The summed E-state index contributed by atoms with van der Waals surface area (Å²) in [5, 5.41) is 11.7. The molecule has 4 heteroatoms. The second-order valence-corrected chi connectivity index (χ2v) is 4.77. The van der Waals surface area contributed by atoms with E-state index in [0.29, 0.717) is 17.0 Å². The molecule has 1 aliphatic rings. The Hall–Kier alpha value is -2.28. The minimum Gasteiger partial charge on any atom is -0.483 e. The number of carbonyl (C=O) groups excluding carboxylic acids is 1. The highest BCUT2D eigenvalue weighted by Gasteiger charge is 2.27. The summed E-state index contributed by atoms with van der Waals surface area (Å²) < 4.78 is 5.79. The Morgan fingerprint density at radius 2 is 2.17 bits per heavy atom. The molecule has 1 aliphatic heterocycles. The lowest BCUT2D eigenvalue weighted by Crippen LogP contribution is -2.32. The second-order valence-electron chi connectivity index (χ2n) is 4.77. The van der Waals surface area contributed by atoms with Crippen LogP contribution in [-0.2, 0) is 4.79 Å². The van der Waals surface area contributed by atoms with Crippen molar-refractivity contribution in [3.05, 3.63) is 35.4 Å². The number of ether oxygens (including phenoxy) is 1.